The lowest BCUT2D eigenvalue weighted by Gasteiger charge is -2.35. The van der Waals surface area contributed by atoms with Crippen molar-refractivity contribution in [3.05, 3.63) is 71.3 Å². The largest absolute Gasteiger partial charge is 0.481 e. The molecule has 10 nitrogen and oxygen atoms in total. The minimum Gasteiger partial charge on any atom is -0.481 e. The first-order chi connectivity index (χ1) is 15.2. The molecule has 0 saturated carbocycles. The van der Waals surface area contributed by atoms with E-state index in [2.05, 4.69) is 10.4 Å². The first-order valence-corrected chi connectivity index (χ1v) is 9.76. The number of aliphatic carboxylic acids is 1. The van der Waals surface area contributed by atoms with Crippen molar-refractivity contribution in [3.8, 4) is 0 Å². The van der Waals surface area contributed by atoms with E-state index in [0.29, 0.717) is 21.7 Å². The third-order valence-electron chi connectivity index (χ3n) is 5.27. The van der Waals surface area contributed by atoms with Crippen LogP contribution in [0.15, 0.2) is 59.7 Å². The Morgan fingerprint density at radius 3 is 2.34 bits per heavy atom. The second kappa shape index (κ2) is 8.88. The topological polar surface area (TPSA) is 145 Å². The molecule has 2 aromatic carbocycles. The van der Waals surface area contributed by atoms with Gasteiger partial charge in [0.05, 0.1) is 18.7 Å². The summed E-state index contributed by atoms with van der Waals surface area (Å²) in [5, 5.41) is 17.1. The molecule has 1 fully saturated rings. The van der Waals surface area contributed by atoms with Crippen LogP contribution in [0.3, 0.4) is 0 Å². The third kappa shape index (κ3) is 4.15. The Bertz CT molecular complexity index is 1070. The van der Waals surface area contributed by atoms with Crippen LogP contribution in [-0.2, 0) is 19.9 Å². The van der Waals surface area contributed by atoms with Crippen molar-refractivity contribution in [2.45, 2.75) is 31.8 Å². The highest BCUT2D eigenvalue weighted by atomic mass is 16.4. The van der Waals surface area contributed by atoms with Crippen molar-refractivity contribution in [1.82, 2.24) is 15.3 Å². The molecule has 0 aromatic heterocycles. The lowest BCUT2D eigenvalue weighted by molar-refractivity contribution is -0.162. The normalized spacial score (nSPS) is 19.1. The summed E-state index contributed by atoms with van der Waals surface area (Å²) in [6.45, 7) is 2.70. The van der Waals surface area contributed by atoms with Gasteiger partial charge in [-0.05, 0) is 23.6 Å². The Balaban J connectivity index is 2.03. The van der Waals surface area contributed by atoms with Crippen molar-refractivity contribution < 1.29 is 24.3 Å². The van der Waals surface area contributed by atoms with Crippen molar-refractivity contribution in [2.24, 2.45) is 10.9 Å². The molecule has 0 bridgehead atoms. The van der Waals surface area contributed by atoms with Gasteiger partial charge >= 0.3 is 12.0 Å². The van der Waals surface area contributed by atoms with Crippen molar-refractivity contribution in [1.29, 1.82) is 0 Å². The first-order valence-electron chi connectivity index (χ1n) is 9.76. The first kappa shape index (κ1) is 22.5. The van der Waals surface area contributed by atoms with E-state index in [1.807, 2.05) is 0 Å². The predicted molar refractivity (Wildman–Crippen MR) is 115 cm³/mol. The van der Waals surface area contributed by atoms with Crippen LogP contribution in [0.2, 0.25) is 0 Å². The van der Waals surface area contributed by atoms with E-state index < -0.39 is 41.8 Å². The number of nitrogens with one attached hydrogen (secondary N) is 1. The maximum atomic E-state index is 13.5. The number of imide groups is 1. The number of benzene rings is 2. The van der Waals surface area contributed by atoms with Gasteiger partial charge in [-0.2, -0.15) is 10.1 Å². The molecule has 32 heavy (non-hydrogen) atoms. The van der Waals surface area contributed by atoms with E-state index in [1.54, 1.807) is 54.6 Å². The quantitative estimate of drug-likeness (QED) is 0.260. The van der Waals surface area contributed by atoms with Gasteiger partial charge in [0, 0.05) is 6.92 Å². The van der Waals surface area contributed by atoms with Crippen LogP contribution in [0.25, 0.3) is 0 Å². The molecule has 10 heteroatoms. The Hall–Kier alpha value is -4.21. The number of nitrogens with zero attached hydrogens (tertiary/aromatic N) is 3. The Morgan fingerprint density at radius 2 is 1.81 bits per heavy atom. The van der Waals surface area contributed by atoms with Gasteiger partial charge in [0.2, 0.25) is 5.91 Å². The molecule has 2 aromatic rings. The molecule has 0 aliphatic carbocycles. The number of carboxylic acid groups (broad SMARTS) is 1. The van der Waals surface area contributed by atoms with Crippen LogP contribution in [0.1, 0.15) is 43.0 Å². The van der Waals surface area contributed by atoms with E-state index in [0.717, 1.165) is 5.01 Å². The summed E-state index contributed by atoms with van der Waals surface area (Å²) in [6, 6.07) is 13.1. The highest BCUT2D eigenvalue weighted by Gasteiger charge is 2.53. The maximum Gasteiger partial charge on any atom is 0.344 e. The Morgan fingerprint density at radius 1 is 1.19 bits per heavy atom. The SMILES string of the molecule is CC(=O)N([C@@H](CC(=O)O)c1ccccc1)N1C(=O)N[C@@](C)(c2ccc(C=NN)cc2)C1=O. The minimum absolute atomic E-state index is 0.477. The van der Waals surface area contributed by atoms with Crippen molar-refractivity contribution in [2.75, 3.05) is 0 Å². The fourth-order valence-corrected chi connectivity index (χ4v) is 3.69. The number of amides is 4. The molecule has 4 amide bonds. The van der Waals surface area contributed by atoms with Crippen LogP contribution >= 0.6 is 0 Å². The number of nitrogens with two attached hydrogens (primary N) is 1. The molecule has 166 valence electrons. The van der Waals surface area contributed by atoms with Crippen molar-refractivity contribution >= 4 is 30.0 Å². The second-order valence-corrected chi connectivity index (χ2v) is 7.46. The molecule has 1 heterocycles. The Kier molecular flexibility index (Phi) is 6.24. The smallest absolute Gasteiger partial charge is 0.344 e. The number of hydrazine groups is 1. The predicted octanol–water partition coefficient (Wildman–Crippen LogP) is 1.73. The summed E-state index contributed by atoms with van der Waals surface area (Å²) in [7, 11) is 0. The van der Waals surface area contributed by atoms with Crippen LogP contribution in [0, 0.1) is 0 Å². The molecule has 1 aliphatic rings. The van der Waals surface area contributed by atoms with Crippen molar-refractivity contribution in [3.63, 3.8) is 0 Å². The molecular weight excluding hydrogens is 414 g/mol. The monoisotopic (exact) mass is 437 g/mol. The zero-order valence-electron chi connectivity index (χ0n) is 17.6. The summed E-state index contributed by atoms with van der Waals surface area (Å²) >= 11 is 0. The van der Waals surface area contributed by atoms with E-state index in [4.69, 9.17) is 5.84 Å². The van der Waals surface area contributed by atoms with Gasteiger partial charge in [0.25, 0.3) is 5.91 Å². The standard InChI is InChI=1S/C22H23N5O5/c1-14(28)26(18(12-19(29)30)16-6-4-3-5-7-16)27-20(31)22(2,25-21(27)32)17-10-8-15(9-11-17)13-24-23/h3-11,13,18H,12,23H2,1-2H3,(H,25,32)(H,29,30)/t18-,22-/m0/s1. The highest BCUT2D eigenvalue weighted by Crippen LogP contribution is 2.34. The van der Waals surface area contributed by atoms with Crippen LogP contribution in [0.4, 0.5) is 4.79 Å². The minimum atomic E-state index is -1.46. The number of urea groups is 1. The molecule has 0 radical (unpaired) electrons. The maximum absolute atomic E-state index is 13.5. The van der Waals surface area contributed by atoms with Gasteiger partial charge in [0.15, 0.2) is 0 Å². The zero-order valence-corrected chi connectivity index (χ0v) is 17.6. The summed E-state index contributed by atoms with van der Waals surface area (Å²) in [4.78, 5) is 50.6. The fourth-order valence-electron chi connectivity index (χ4n) is 3.69. The lowest BCUT2D eigenvalue weighted by Crippen LogP contribution is -2.52. The molecule has 2 atom stereocenters. The molecule has 4 N–H and O–H groups in total. The molecule has 1 saturated heterocycles. The second-order valence-electron chi connectivity index (χ2n) is 7.46. The number of carboxylic acids is 1. The zero-order chi connectivity index (χ0) is 23.5. The summed E-state index contributed by atoms with van der Waals surface area (Å²) in [5.41, 5.74) is 0.188. The molecule has 3 rings (SSSR count). The summed E-state index contributed by atoms with van der Waals surface area (Å²) in [6.07, 6.45) is 0.936. The van der Waals surface area contributed by atoms with E-state index >= 15 is 0 Å². The van der Waals surface area contributed by atoms with Gasteiger partial charge in [-0.1, -0.05) is 54.6 Å². The van der Waals surface area contributed by atoms with Gasteiger partial charge in [-0.3, -0.25) is 14.4 Å². The van der Waals surface area contributed by atoms with Crippen LogP contribution < -0.4 is 11.2 Å². The van der Waals surface area contributed by atoms with Gasteiger partial charge in [-0.15, -0.1) is 0 Å². The third-order valence-corrected chi connectivity index (χ3v) is 5.27. The fraction of sp³-hybridized carbons (Fsp3) is 0.227. The average molecular weight is 437 g/mol. The lowest BCUT2D eigenvalue weighted by atomic mass is 9.91. The van der Waals surface area contributed by atoms with Crippen LogP contribution in [0.5, 0.6) is 0 Å². The number of rotatable bonds is 7. The van der Waals surface area contributed by atoms with Gasteiger partial charge in [-0.25, -0.2) is 9.80 Å². The highest BCUT2D eigenvalue weighted by molar-refractivity contribution is 6.08. The number of hydrogen-bond acceptors (Lipinski definition) is 6. The number of carbonyl (C=O) groups excluding carboxylic acids is 3. The number of carbonyl (C=O) groups is 4. The van der Waals surface area contributed by atoms with E-state index in [9.17, 15) is 24.3 Å². The van der Waals surface area contributed by atoms with Gasteiger partial charge in [0.1, 0.15) is 5.54 Å². The summed E-state index contributed by atoms with van der Waals surface area (Å²) in [5.74, 6) is 2.61. The number of hydrogen-bond donors (Lipinski definition) is 3. The van der Waals surface area contributed by atoms with Gasteiger partial charge < -0.3 is 16.3 Å². The van der Waals surface area contributed by atoms with E-state index in [-0.39, 0.29) is 0 Å². The molecule has 0 unspecified atom stereocenters. The molecule has 0 spiro atoms. The Labute approximate surface area is 184 Å². The molecular formula is C22H23N5O5. The average Bonchev–Trinajstić information content (AvgIpc) is 2.98. The van der Waals surface area contributed by atoms with E-state index in [1.165, 1.54) is 20.1 Å². The van der Waals surface area contributed by atoms with Crippen LogP contribution in [-0.4, -0.2) is 45.2 Å². The summed E-state index contributed by atoms with van der Waals surface area (Å²) < 4.78 is 0. The molecule has 1 aliphatic heterocycles. The number of hydrazone groups is 1.